The van der Waals surface area contributed by atoms with Crippen LogP contribution in [0.4, 0.5) is 10.2 Å². The van der Waals surface area contributed by atoms with Crippen molar-refractivity contribution < 1.29 is 23.5 Å². The van der Waals surface area contributed by atoms with Gasteiger partial charge >= 0.3 is 5.97 Å². The Morgan fingerprint density at radius 3 is 2.83 bits per heavy atom. The molecule has 146 valence electrons. The molecule has 3 aromatic rings. The maximum absolute atomic E-state index is 13.0. The highest BCUT2D eigenvalue weighted by molar-refractivity contribution is 6.07. The number of aromatic nitrogens is 4. The van der Waals surface area contributed by atoms with Crippen LogP contribution in [0.2, 0.25) is 0 Å². The Labute approximate surface area is 163 Å². The highest BCUT2D eigenvalue weighted by atomic mass is 19.1. The Morgan fingerprint density at radius 1 is 1.28 bits per heavy atom. The van der Waals surface area contributed by atoms with Crippen LogP contribution in [0, 0.1) is 5.82 Å². The van der Waals surface area contributed by atoms with Crippen molar-refractivity contribution in [2.24, 2.45) is 0 Å². The van der Waals surface area contributed by atoms with Crippen molar-refractivity contribution in [2.75, 3.05) is 12.4 Å². The molecule has 0 fully saturated rings. The second-order valence-corrected chi connectivity index (χ2v) is 6.26. The quantitative estimate of drug-likeness (QED) is 0.671. The number of esters is 1. The van der Waals surface area contributed by atoms with E-state index < -0.39 is 23.6 Å². The van der Waals surface area contributed by atoms with Crippen LogP contribution >= 0.6 is 0 Å². The minimum absolute atomic E-state index is 0.000544. The first-order chi connectivity index (χ1) is 14.0. The van der Waals surface area contributed by atoms with Gasteiger partial charge in [0.1, 0.15) is 11.6 Å². The summed E-state index contributed by atoms with van der Waals surface area (Å²) in [5.74, 6) is -2.48. The minimum atomic E-state index is -0.891. The third-order valence-corrected chi connectivity index (χ3v) is 4.44. The lowest BCUT2D eigenvalue weighted by molar-refractivity contribution is -0.116. The smallest absolute Gasteiger partial charge is 0.358 e. The summed E-state index contributed by atoms with van der Waals surface area (Å²) in [5.41, 5.74) is 0.639. The number of pyridine rings is 2. The van der Waals surface area contributed by atoms with Crippen LogP contribution in [-0.2, 0) is 9.53 Å². The molecule has 1 atom stereocenters. The van der Waals surface area contributed by atoms with Crippen molar-refractivity contribution in [3.8, 4) is 5.82 Å². The van der Waals surface area contributed by atoms with Crippen LogP contribution in [0.5, 0.6) is 0 Å². The van der Waals surface area contributed by atoms with E-state index in [4.69, 9.17) is 4.74 Å². The molecule has 3 aromatic heterocycles. The Bertz CT molecular complexity index is 1130. The van der Waals surface area contributed by atoms with E-state index in [0.29, 0.717) is 5.69 Å². The summed E-state index contributed by atoms with van der Waals surface area (Å²) >= 11 is 0. The number of anilines is 1. The SMILES string of the molecule is COC(=O)c1cc2n(n1)-c1ncccc1C(=O)C2CC(=O)Nc1ccc(F)cn1. The second-order valence-electron chi connectivity index (χ2n) is 6.26. The number of nitrogens with zero attached hydrogens (tertiary/aromatic N) is 4. The first-order valence-electron chi connectivity index (χ1n) is 8.57. The van der Waals surface area contributed by atoms with Crippen LogP contribution in [0.1, 0.15) is 38.9 Å². The summed E-state index contributed by atoms with van der Waals surface area (Å²) in [4.78, 5) is 45.4. The summed E-state index contributed by atoms with van der Waals surface area (Å²) in [6.07, 6.45) is 2.25. The fourth-order valence-electron chi connectivity index (χ4n) is 3.12. The Hall–Kier alpha value is -3.95. The van der Waals surface area contributed by atoms with E-state index in [-0.39, 0.29) is 35.1 Å². The molecule has 1 aliphatic rings. The standard InChI is InChI=1S/C19H14FN5O4/c1-29-19(28)13-8-14-12(7-16(26)23-15-5-4-10(20)9-22-15)17(27)11-3-2-6-21-18(11)25(14)24-13/h2-6,8-9,12H,7H2,1H3,(H,22,23,26). The predicted molar refractivity (Wildman–Crippen MR) is 97.2 cm³/mol. The predicted octanol–water partition coefficient (Wildman–Crippen LogP) is 1.90. The normalized spacial score (nSPS) is 14.7. The molecule has 9 nitrogen and oxygen atoms in total. The number of hydrogen-bond acceptors (Lipinski definition) is 7. The highest BCUT2D eigenvalue weighted by Crippen LogP contribution is 2.34. The molecule has 0 aromatic carbocycles. The van der Waals surface area contributed by atoms with Gasteiger partial charge in [0.2, 0.25) is 5.91 Å². The van der Waals surface area contributed by atoms with Gasteiger partial charge in [-0.3, -0.25) is 9.59 Å². The van der Waals surface area contributed by atoms with Crippen molar-refractivity contribution in [3.63, 3.8) is 0 Å². The molecule has 0 bridgehead atoms. The van der Waals surface area contributed by atoms with E-state index in [9.17, 15) is 18.8 Å². The van der Waals surface area contributed by atoms with E-state index >= 15 is 0 Å². The Morgan fingerprint density at radius 2 is 2.10 bits per heavy atom. The molecule has 4 rings (SSSR count). The van der Waals surface area contributed by atoms with Crippen molar-refractivity contribution in [1.82, 2.24) is 19.7 Å². The molecular formula is C19H14FN5O4. The minimum Gasteiger partial charge on any atom is -0.464 e. The molecule has 0 saturated heterocycles. The van der Waals surface area contributed by atoms with Gasteiger partial charge < -0.3 is 10.1 Å². The number of ketones is 1. The topological polar surface area (TPSA) is 116 Å². The van der Waals surface area contributed by atoms with Crippen LogP contribution in [0.3, 0.4) is 0 Å². The van der Waals surface area contributed by atoms with Gasteiger partial charge in [-0.05, 0) is 30.3 Å². The number of ether oxygens (including phenoxy) is 1. The lowest BCUT2D eigenvalue weighted by Crippen LogP contribution is -2.29. The first-order valence-corrected chi connectivity index (χ1v) is 8.57. The zero-order valence-electron chi connectivity index (χ0n) is 15.1. The van der Waals surface area contributed by atoms with Crippen LogP contribution in [0.15, 0.2) is 42.7 Å². The highest BCUT2D eigenvalue weighted by Gasteiger charge is 2.37. The summed E-state index contributed by atoms with van der Waals surface area (Å²) in [5, 5.41) is 6.72. The average Bonchev–Trinajstić information content (AvgIpc) is 3.18. The summed E-state index contributed by atoms with van der Waals surface area (Å²) < 4.78 is 19.0. The molecular weight excluding hydrogens is 381 g/mol. The molecule has 0 spiro atoms. The van der Waals surface area contributed by atoms with Gasteiger partial charge in [-0.15, -0.1) is 0 Å². The lowest BCUT2D eigenvalue weighted by atomic mass is 9.88. The van der Waals surface area contributed by atoms with E-state index in [1.165, 1.54) is 30.1 Å². The molecule has 4 heterocycles. The molecule has 0 saturated carbocycles. The van der Waals surface area contributed by atoms with E-state index in [0.717, 1.165) is 12.3 Å². The van der Waals surface area contributed by atoms with Gasteiger partial charge in [0, 0.05) is 12.6 Å². The van der Waals surface area contributed by atoms with Gasteiger partial charge in [-0.25, -0.2) is 23.8 Å². The van der Waals surface area contributed by atoms with Crippen molar-refractivity contribution >= 4 is 23.5 Å². The van der Waals surface area contributed by atoms with Gasteiger partial charge in [0.05, 0.1) is 30.5 Å². The number of methoxy groups -OCH3 is 1. The second kappa shape index (κ2) is 7.23. The number of nitrogens with one attached hydrogen (secondary N) is 1. The Kier molecular flexibility index (Phi) is 4.59. The number of amides is 1. The lowest BCUT2D eigenvalue weighted by Gasteiger charge is -2.23. The molecule has 1 unspecified atom stereocenters. The number of rotatable bonds is 4. The number of carbonyl (C=O) groups is 3. The molecule has 0 aliphatic carbocycles. The third kappa shape index (κ3) is 3.35. The Balaban J connectivity index is 1.67. The van der Waals surface area contributed by atoms with Crippen LogP contribution in [0.25, 0.3) is 5.82 Å². The van der Waals surface area contributed by atoms with Gasteiger partial charge in [-0.1, -0.05) is 0 Å². The number of hydrogen-bond donors (Lipinski definition) is 1. The molecule has 1 N–H and O–H groups in total. The van der Waals surface area contributed by atoms with E-state index in [2.05, 4.69) is 20.4 Å². The maximum atomic E-state index is 13.0. The first kappa shape index (κ1) is 18.4. The molecule has 0 radical (unpaired) electrons. The van der Waals surface area contributed by atoms with Crippen LogP contribution < -0.4 is 5.32 Å². The van der Waals surface area contributed by atoms with E-state index in [1.54, 1.807) is 12.1 Å². The maximum Gasteiger partial charge on any atom is 0.358 e. The monoisotopic (exact) mass is 395 g/mol. The summed E-state index contributed by atoms with van der Waals surface area (Å²) in [6.45, 7) is 0. The van der Waals surface area contributed by atoms with Gasteiger partial charge in [0.15, 0.2) is 17.3 Å². The molecule has 29 heavy (non-hydrogen) atoms. The third-order valence-electron chi connectivity index (χ3n) is 4.44. The van der Waals surface area contributed by atoms with Crippen molar-refractivity contribution in [2.45, 2.75) is 12.3 Å². The zero-order chi connectivity index (χ0) is 20.5. The van der Waals surface area contributed by atoms with Crippen molar-refractivity contribution in [1.29, 1.82) is 0 Å². The number of carbonyl (C=O) groups excluding carboxylic acids is 3. The summed E-state index contributed by atoms with van der Waals surface area (Å²) in [7, 11) is 1.22. The van der Waals surface area contributed by atoms with Crippen molar-refractivity contribution in [3.05, 3.63) is 65.5 Å². The zero-order valence-corrected chi connectivity index (χ0v) is 15.1. The largest absolute Gasteiger partial charge is 0.464 e. The number of halogens is 1. The number of fused-ring (bicyclic) bond motifs is 3. The average molecular weight is 395 g/mol. The number of Topliss-reactive ketones (excluding diaryl/α,β-unsaturated/α-hetero) is 1. The fourth-order valence-corrected chi connectivity index (χ4v) is 3.12. The van der Waals surface area contributed by atoms with Gasteiger partial charge in [0.25, 0.3) is 0 Å². The van der Waals surface area contributed by atoms with Gasteiger partial charge in [-0.2, -0.15) is 5.10 Å². The fraction of sp³-hybridized carbons (Fsp3) is 0.158. The summed E-state index contributed by atoms with van der Waals surface area (Å²) in [6, 6.07) is 7.07. The molecule has 10 heteroatoms. The van der Waals surface area contributed by atoms with E-state index in [1.807, 2.05) is 0 Å². The van der Waals surface area contributed by atoms with Crippen LogP contribution in [-0.4, -0.2) is 44.5 Å². The molecule has 1 aliphatic heterocycles. The molecule has 1 amide bonds.